The topological polar surface area (TPSA) is 47.6 Å². The molecule has 0 atom stereocenters. The van der Waals surface area contributed by atoms with Gasteiger partial charge in [-0.1, -0.05) is 55.9 Å². The van der Waals surface area contributed by atoms with Crippen molar-refractivity contribution in [3.63, 3.8) is 0 Å². The molecule has 0 unspecified atom stereocenters. The van der Waals surface area contributed by atoms with E-state index in [9.17, 15) is 0 Å². The molecule has 0 aliphatic carbocycles. The summed E-state index contributed by atoms with van der Waals surface area (Å²) in [6.45, 7) is 4.36. The van der Waals surface area contributed by atoms with E-state index in [2.05, 4.69) is 43.1 Å². The van der Waals surface area contributed by atoms with Crippen LogP contribution >= 0.6 is 11.8 Å². The smallest absolute Gasteiger partial charge is 0.220 e. The summed E-state index contributed by atoms with van der Waals surface area (Å²) in [5, 5.41) is 1.98. The van der Waals surface area contributed by atoms with Gasteiger partial charge in [0, 0.05) is 16.7 Å². The fourth-order valence-electron chi connectivity index (χ4n) is 2.48. The number of benzene rings is 3. The lowest BCUT2D eigenvalue weighted by atomic mass is 10.0. The molecule has 3 aromatic carbocycles. The molecule has 0 amide bonds. The first-order valence-electron chi connectivity index (χ1n) is 9.20. The number of hydrogen-bond donors (Lipinski definition) is 1. The molecule has 0 aliphatic heterocycles. The van der Waals surface area contributed by atoms with Crippen molar-refractivity contribution in [1.82, 2.24) is 0 Å². The second-order valence-corrected chi connectivity index (χ2v) is 7.58. The summed E-state index contributed by atoms with van der Waals surface area (Å²) in [6.07, 6.45) is 1.88. The van der Waals surface area contributed by atoms with Gasteiger partial charge in [0.2, 0.25) is 5.90 Å². The number of nitrogens with zero attached hydrogens (tertiary/aromatic N) is 1. The van der Waals surface area contributed by atoms with Crippen LogP contribution in [0.3, 0.4) is 0 Å². The molecule has 3 rings (SSSR count). The third-order valence-electron chi connectivity index (χ3n) is 4.06. The standard InChI is InChI=1S/C24H24N2OS/c1-18(2)19-8-12-21(13-9-19)26-24(27-22-14-10-20(25)11-15-22)16-17-28-23-6-4-3-5-7-23/h3-18H,25H2,1-2H3. The largest absolute Gasteiger partial charge is 0.439 e. The highest BCUT2D eigenvalue weighted by atomic mass is 32.2. The fraction of sp³-hybridized carbons (Fsp3) is 0.125. The molecular formula is C24H24N2OS. The Morgan fingerprint density at radius 3 is 2.25 bits per heavy atom. The lowest BCUT2D eigenvalue weighted by molar-refractivity contribution is 0.556. The molecule has 0 aliphatic rings. The van der Waals surface area contributed by atoms with Crippen LogP contribution in [0.5, 0.6) is 5.75 Å². The van der Waals surface area contributed by atoms with Crippen LogP contribution in [0.4, 0.5) is 11.4 Å². The van der Waals surface area contributed by atoms with E-state index in [1.165, 1.54) is 5.56 Å². The van der Waals surface area contributed by atoms with Crippen molar-refractivity contribution in [2.75, 3.05) is 5.73 Å². The van der Waals surface area contributed by atoms with E-state index < -0.39 is 0 Å². The Kier molecular flexibility index (Phi) is 6.93. The lowest BCUT2D eigenvalue weighted by Gasteiger charge is -2.08. The molecule has 3 aromatic rings. The zero-order valence-corrected chi connectivity index (χ0v) is 16.9. The summed E-state index contributed by atoms with van der Waals surface area (Å²) >= 11 is 1.62. The summed E-state index contributed by atoms with van der Waals surface area (Å²) < 4.78 is 5.98. The molecule has 0 fully saturated rings. The number of nitrogen functional groups attached to an aromatic ring is 1. The molecule has 0 saturated carbocycles. The minimum Gasteiger partial charge on any atom is -0.439 e. The average Bonchev–Trinajstić information content (AvgIpc) is 2.71. The van der Waals surface area contributed by atoms with Gasteiger partial charge in [0.25, 0.3) is 0 Å². The first kappa shape index (κ1) is 19.8. The summed E-state index contributed by atoms with van der Waals surface area (Å²) in [5.41, 5.74) is 8.60. The molecule has 0 bridgehead atoms. The van der Waals surface area contributed by atoms with Gasteiger partial charge in [0.05, 0.1) is 5.69 Å². The number of thioether (sulfide) groups is 1. The molecular weight excluding hydrogens is 364 g/mol. The van der Waals surface area contributed by atoms with Gasteiger partial charge in [0.1, 0.15) is 5.75 Å². The van der Waals surface area contributed by atoms with Crippen LogP contribution in [0.25, 0.3) is 0 Å². The number of rotatable bonds is 6. The van der Waals surface area contributed by atoms with Crippen molar-refractivity contribution >= 4 is 29.0 Å². The average molecular weight is 389 g/mol. The molecule has 0 spiro atoms. The van der Waals surface area contributed by atoms with Gasteiger partial charge in [-0.2, -0.15) is 0 Å². The van der Waals surface area contributed by atoms with Crippen molar-refractivity contribution in [2.24, 2.45) is 4.99 Å². The maximum atomic E-state index is 5.98. The normalized spacial score (nSPS) is 11.9. The molecule has 28 heavy (non-hydrogen) atoms. The van der Waals surface area contributed by atoms with E-state index in [1.54, 1.807) is 11.8 Å². The summed E-state index contributed by atoms with van der Waals surface area (Å²) in [5.74, 6) is 1.71. The van der Waals surface area contributed by atoms with Crippen molar-refractivity contribution in [3.8, 4) is 5.75 Å². The third-order valence-corrected chi connectivity index (χ3v) is 4.88. The Labute approximate surface area is 171 Å². The maximum absolute atomic E-state index is 5.98. The van der Waals surface area contributed by atoms with Crippen LogP contribution < -0.4 is 10.5 Å². The van der Waals surface area contributed by atoms with Crippen molar-refractivity contribution in [1.29, 1.82) is 0 Å². The Morgan fingerprint density at radius 1 is 0.929 bits per heavy atom. The van der Waals surface area contributed by atoms with Crippen LogP contribution in [0, 0.1) is 0 Å². The van der Waals surface area contributed by atoms with E-state index in [4.69, 9.17) is 10.5 Å². The van der Waals surface area contributed by atoms with Gasteiger partial charge in [-0.3, -0.25) is 0 Å². The highest BCUT2D eigenvalue weighted by Crippen LogP contribution is 2.22. The zero-order valence-electron chi connectivity index (χ0n) is 16.1. The van der Waals surface area contributed by atoms with E-state index in [1.807, 2.05) is 66.1 Å². The van der Waals surface area contributed by atoms with E-state index in [0.29, 0.717) is 23.3 Å². The SMILES string of the molecule is CC(C)c1ccc(N=C(C=CSc2ccccc2)Oc2ccc(N)cc2)cc1. The Morgan fingerprint density at radius 2 is 1.61 bits per heavy atom. The molecule has 0 heterocycles. The molecule has 0 aromatic heterocycles. The van der Waals surface area contributed by atoms with Crippen LogP contribution in [0.1, 0.15) is 25.3 Å². The van der Waals surface area contributed by atoms with Gasteiger partial charge < -0.3 is 10.5 Å². The number of ether oxygens (including phenoxy) is 1. The number of nitrogens with two attached hydrogens (primary N) is 1. The Hall–Kier alpha value is -2.98. The predicted octanol–water partition coefficient (Wildman–Crippen LogP) is 6.81. The summed E-state index contributed by atoms with van der Waals surface area (Å²) in [6, 6.07) is 25.7. The number of hydrogen-bond acceptors (Lipinski definition) is 4. The Bertz CT molecular complexity index is 931. The second kappa shape index (κ2) is 9.81. The minimum absolute atomic E-state index is 0.491. The van der Waals surface area contributed by atoms with E-state index >= 15 is 0 Å². The van der Waals surface area contributed by atoms with Gasteiger partial charge >= 0.3 is 0 Å². The minimum atomic E-state index is 0.491. The predicted molar refractivity (Wildman–Crippen MR) is 121 cm³/mol. The highest BCUT2D eigenvalue weighted by Gasteiger charge is 2.03. The molecule has 2 N–H and O–H groups in total. The van der Waals surface area contributed by atoms with E-state index in [-0.39, 0.29) is 0 Å². The van der Waals surface area contributed by atoms with Crippen LogP contribution in [0.2, 0.25) is 0 Å². The zero-order chi connectivity index (χ0) is 19.8. The highest BCUT2D eigenvalue weighted by molar-refractivity contribution is 8.02. The van der Waals surface area contributed by atoms with Crippen molar-refractivity contribution in [3.05, 3.63) is 95.9 Å². The molecule has 3 nitrogen and oxygen atoms in total. The first-order chi connectivity index (χ1) is 13.6. The van der Waals surface area contributed by atoms with E-state index in [0.717, 1.165) is 10.6 Å². The fourth-order valence-corrected chi connectivity index (χ4v) is 3.14. The molecule has 0 saturated heterocycles. The van der Waals surface area contributed by atoms with Crippen LogP contribution in [0.15, 0.2) is 100 Å². The quantitative estimate of drug-likeness (QED) is 0.218. The lowest BCUT2D eigenvalue weighted by Crippen LogP contribution is -2.04. The van der Waals surface area contributed by atoms with Gasteiger partial charge in [-0.15, -0.1) is 0 Å². The molecule has 4 heteroatoms. The van der Waals surface area contributed by atoms with Gasteiger partial charge in [0.15, 0.2) is 0 Å². The molecule has 142 valence electrons. The number of aliphatic imine (C=N–C) groups is 1. The van der Waals surface area contributed by atoms with Crippen molar-refractivity contribution < 1.29 is 4.74 Å². The maximum Gasteiger partial charge on any atom is 0.220 e. The third kappa shape index (κ3) is 6.03. The summed E-state index contributed by atoms with van der Waals surface area (Å²) in [7, 11) is 0. The monoisotopic (exact) mass is 388 g/mol. The van der Waals surface area contributed by atoms with Crippen LogP contribution in [-0.2, 0) is 0 Å². The van der Waals surface area contributed by atoms with Crippen molar-refractivity contribution in [2.45, 2.75) is 24.7 Å². The van der Waals surface area contributed by atoms with Gasteiger partial charge in [-0.25, -0.2) is 4.99 Å². The Balaban J connectivity index is 1.81. The number of anilines is 1. The first-order valence-corrected chi connectivity index (χ1v) is 10.1. The summed E-state index contributed by atoms with van der Waals surface area (Å²) in [4.78, 5) is 5.83. The molecule has 0 radical (unpaired) electrons. The van der Waals surface area contributed by atoms with Crippen LogP contribution in [-0.4, -0.2) is 5.90 Å². The second-order valence-electron chi connectivity index (χ2n) is 6.60. The van der Waals surface area contributed by atoms with Gasteiger partial charge in [-0.05, 0) is 65.4 Å².